The summed E-state index contributed by atoms with van der Waals surface area (Å²) in [6, 6.07) is 13.5. The van der Waals surface area contributed by atoms with Gasteiger partial charge in [-0.1, -0.05) is 13.0 Å². The molecule has 1 aliphatic rings. The molecule has 1 aliphatic heterocycles. The van der Waals surface area contributed by atoms with E-state index in [1.807, 2.05) is 54.3 Å². The number of methoxy groups -OCH3 is 1. The van der Waals surface area contributed by atoms with E-state index in [1.54, 1.807) is 19.5 Å². The Labute approximate surface area is 182 Å². The fraction of sp³-hybridized carbons (Fsp3) is 0.333. The Balaban J connectivity index is 1.69. The molecular formula is C24H27N5O2. The van der Waals surface area contributed by atoms with Gasteiger partial charge in [0.2, 0.25) is 5.91 Å². The van der Waals surface area contributed by atoms with E-state index in [2.05, 4.69) is 10.3 Å². The van der Waals surface area contributed by atoms with Crippen LogP contribution in [0.4, 0.5) is 11.5 Å². The van der Waals surface area contributed by atoms with Crippen molar-refractivity contribution in [1.29, 1.82) is 0 Å². The number of likely N-dealkylation sites (tertiary alicyclic amines) is 1. The van der Waals surface area contributed by atoms with Gasteiger partial charge < -0.3 is 15.0 Å². The number of hydrogen-bond donors (Lipinski definition) is 1. The molecule has 0 spiro atoms. The molecule has 1 fully saturated rings. The molecule has 31 heavy (non-hydrogen) atoms. The molecular weight excluding hydrogens is 390 g/mol. The van der Waals surface area contributed by atoms with Gasteiger partial charge in [-0.15, -0.1) is 0 Å². The minimum absolute atomic E-state index is 0.103. The lowest BCUT2D eigenvalue weighted by molar-refractivity contribution is -0.132. The number of piperidine rings is 1. The molecule has 1 unspecified atom stereocenters. The van der Waals surface area contributed by atoms with Gasteiger partial charge in [-0.05, 0) is 37.1 Å². The van der Waals surface area contributed by atoms with Crippen LogP contribution in [0.25, 0.3) is 11.3 Å². The maximum atomic E-state index is 12.3. The number of aromatic nitrogens is 3. The highest BCUT2D eigenvalue weighted by Crippen LogP contribution is 2.29. The third kappa shape index (κ3) is 4.99. The summed E-state index contributed by atoms with van der Waals surface area (Å²) in [4.78, 5) is 28.1. The number of benzene rings is 1. The van der Waals surface area contributed by atoms with Crippen LogP contribution < -0.4 is 10.1 Å². The minimum Gasteiger partial charge on any atom is -0.497 e. The molecule has 0 aliphatic carbocycles. The van der Waals surface area contributed by atoms with Gasteiger partial charge in [0, 0.05) is 61.2 Å². The maximum Gasteiger partial charge on any atom is 0.222 e. The number of hydrogen-bond acceptors (Lipinski definition) is 6. The summed E-state index contributed by atoms with van der Waals surface area (Å²) in [5.41, 5.74) is 2.62. The van der Waals surface area contributed by atoms with Crippen molar-refractivity contribution >= 4 is 17.4 Å². The third-order valence-corrected chi connectivity index (χ3v) is 5.48. The second-order valence-corrected chi connectivity index (χ2v) is 7.63. The number of nitrogens with zero attached hydrogens (tertiary/aromatic N) is 4. The van der Waals surface area contributed by atoms with Gasteiger partial charge in [0.05, 0.1) is 12.8 Å². The summed E-state index contributed by atoms with van der Waals surface area (Å²) < 4.78 is 5.33. The molecule has 1 saturated heterocycles. The Morgan fingerprint density at radius 2 is 2.13 bits per heavy atom. The average Bonchev–Trinajstić information content (AvgIpc) is 2.84. The zero-order valence-corrected chi connectivity index (χ0v) is 17.9. The van der Waals surface area contributed by atoms with E-state index in [4.69, 9.17) is 14.7 Å². The topological polar surface area (TPSA) is 80.2 Å². The van der Waals surface area contributed by atoms with Crippen LogP contribution in [-0.2, 0) is 4.79 Å². The number of amides is 1. The molecule has 7 nitrogen and oxygen atoms in total. The smallest absolute Gasteiger partial charge is 0.222 e. The summed E-state index contributed by atoms with van der Waals surface area (Å²) in [5.74, 6) is 2.51. The second kappa shape index (κ2) is 9.55. The highest BCUT2D eigenvalue weighted by Gasteiger charge is 2.26. The van der Waals surface area contributed by atoms with Crippen molar-refractivity contribution in [3.05, 3.63) is 60.7 Å². The van der Waals surface area contributed by atoms with Crippen molar-refractivity contribution in [2.24, 2.45) is 0 Å². The van der Waals surface area contributed by atoms with Gasteiger partial charge >= 0.3 is 0 Å². The quantitative estimate of drug-likeness (QED) is 0.640. The summed E-state index contributed by atoms with van der Waals surface area (Å²) in [5, 5.41) is 3.38. The Bertz CT molecular complexity index is 1040. The van der Waals surface area contributed by atoms with Gasteiger partial charge in [0.25, 0.3) is 0 Å². The normalized spacial score (nSPS) is 16.1. The molecule has 0 bridgehead atoms. The number of carbonyl (C=O) groups excluding carboxylic acids is 1. The van der Waals surface area contributed by atoms with E-state index in [1.165, 1.54) is 0 Å². The molecule has 3 heterocycles. The van der Waals surface area contributed by atoms with Crippen molar-refractivity contribution in [2.45, 2.75) is 32.1 Å². The zero-order chi connectivity index (χ0) is 21.6. The van der Waals surface area contributed by atoms with Crippen LogP contribution in [0, 0.1) is 0 Å². The Kier molecular flexibility index (Phi) is 6.40. The lowest BCUT2D eigenvalue weighted by Gasteiger charge is -2.32. The highest BCUT2D eigenvalue weighted by atomic mass is 16.5. The van der Waals surface area contributed by atoms with E-state index in [9.17, 15) is 4.79 Å². The Hall–Kier alpha value is -3.48. The van der Waals surface area contributed by atoms with Crippen molar-refractivity contribution in [2.75, 3.05) is 25.5 Å². The van der Waals surface area contributed by atoms with Gasteiger partial charge in [0.15, 0.2) is 0 Å². The Morgan fingerprint density at radius 3 is 2.90 bits per heavy atom. The van der Waals surface area contributed by atoms with Crippen LogP contribution in [0.5, 0.6) is 5.75 Å². The molecule has 2 aromatic heterocycles. The number of nitrogens with one attached hydrogen (secondary N) is 1. The maximum absolute atomic E-state index is 12.3. The largest absolute Gasteiger partial charge is 0.497 e. The molecule has 1 amide bonds. The lowest BCUT2D eigenvalue weighted by Crippen LogP contribution is -2.39. The summed E-state index contributed by atoms with van der Waals surface area (Å²) in [7, 11) is 1.65. The van der Waals surface area contributed by atoms with Crippen molar-refractivity contribution in [3.8, 4) is 17.0 Å². The van der Waals surface area contributed by atoms with Crippen LogP contribution in [0.3, 0.4) is 0 Å². The number of rotatable bonds is 6. The lowest BCUT2D eigenvalue weighted by atomic mass is 9.96. The zero-order valence-electron chi connectivity index (χ0n) is 17.9. The predicted molar refractivity (Wildman–Crippen MR) is 120 cm³/mol. The first-order valence-electron chi connectivity index (χ1n) is 10.6. The molecule has 0 saturated carbocycles. The van der Waals surface area contributed by atoms with Gasteiger partial charge in [-0.2, -0.15) is 0 Å². The minimum atomic E-state index is 0.103. The first kappa shape index (κ1) is 20.8. The highest BCUT2D eigenvalue weighted by molar-refractivity contribution is 5.76. The molecule has 1 atom stereocenters. The van der Waals surface area contributed by atoms with Crippen LogP contribution in [0.15, 0.2) is 54.9 Å². The number of ether oxygens (including phenoxy) is 1. The van der Waals surface area contributed by atoms with E-state index >= 15 is 0 Å². The molecule has 1 aromatic carbocycles. The van der Waals surface area contributed by atoms with E-state index in [0.717, 1.165) is 47.9 Å². The molecule has 4 rings (SSSR count). The van der Waals surface area contributed by atoms with Crippen LogP contribution in [0.1, 0.15) is 37.9 Å². The molecule has 160 valence electrons. The number of anilines is 2. The predicted octanol–water partition coefficient (Wildman–Crippen LogP) is 4.41. The van der Waals surface area contributed by atoms with Crippen molar-refractivity contribution in [3.63, 3.8) is 0 Å². The Morgan fingerprint density at radius 1 is 1.23 bits per heavy atom. The van der Waals surface area contributed by atoms with Crippen LogP contribution >= 0.6 is 0 Å². The summed E-state index contributed by atoms with van der Waals surface area (Å²) >= 11 is 0. The number of pyridine rings is 1. The molecule has 3 aromatic rings. The first-order chi connectivity index (χ1) is 15.2. The van der Waals surface area contributed by atoms with Crippen LogP contribution in [0.2, 0.25) is 0 Å². The van der Waals surface area contributed by atoms with Crippen molar-refractivity contribution in [1.82, 2.24) is 19.9 Å². The molecule has 0 radical (unpaired) electrons. The number of carbonyl (C=O) groups is 1. The standard InChI is InChI=1S/C24H27N5O2/c1-3-23(30)29-12-6-8-18(16-29)24-27-21(17-7-5-11-25-15-17)14-22(28-24)26-19-9-4-10-20(13-19)31-2/h4-5,7,9-11,13-15,18H,3,6,8,12,16H2,1-2H3,(H,26,27,28). The van der Waals surface area contributed by atoms with Gasteiger partial charge in [-0.3, -0.25) is 9.78 Å². The second-order valence-electron chi connectivity index (χ2n) is 7.63. The van der Waals surface area contributed by atoms with Crippen molar-refractivity contribution < 1.29 is 9.53 Å². The fourth-order valence-corrected chi connectivity index (χ4v) is 3.86. The fourth-order valence-electron chi connectivity index (χ4n) is 3.86. The van der Waals surface area contributed by atoms with E-state index in [0.29, 0.717) is 18.8 Å². The van der Waals surface area contributed by atoms with Gasteiger partial charge in [-0.25, -0.2) is 9.97 Å². The van der Waals surface area contributed by atoms with Gasteiger partial charge in [0.1, 0.15) is 17.4 Å². The molecule has 1 N–H and O–H groups in total. The SMILES string of the molecule is CCC(=O)N1CCCC(c2nc(Nc3cccc(OC)c3)cc(-c3cccnc3)n2)C1. The average molecular weight is 418 g/mol. The first-order valence-corrected chi connectivity index (χ1v) is 10.6. The van der Waals surface area contributed by atoms with E-state index < -0.39 is 0 Å². The van der Waals surface area contributed by atoms with E-state index in [-0.39, 0.29) is 11.8 Å². The summed E-state index contributed by atoms with van der Waals surface area (Å²) in [6.07, 6.45) is 5.98. The van der Waals surface area contributed by atoms with Crippen LogP contribution in [-0.4, -0.2) is 46.0 Å². The summed E-state index contributed by atoms with van der Waals surface area (Å²) in [6.45, 7) is 3.36. The monoisotopic (exact) mass is 417 g/mol. The third-order valence-electron chi connectivity index (χ3n) is 5.48. The molecule has 7 heteroatoms.